The molecule has 1 saturated carbocycles. The molecule has 0 radical (unpaired) electrons. The van der Waals surface area contributed by atoms with Crippen LogP contribution in [0.5, 0.6) is 0 Å². The highest BCUT2D eigenvalue weighted by atomic mass is 16.5. The fourth-order valence-corrected chi connectivity index (χ4v) is 1.83. The molecule has 0 bridgehead atoms. The van der Waals surface area contributed by atoms with Crippen molar-refractivity contribution in [3.05, 3.63) is 12.4 Å². The number of nitrogens with zero attached hydrogens (tertiary/aromatic N) is 2. The molecule has 0 saturated heterocycles. The Kier molecular flexibility index (Phi) is 4.36. The van der Waals surface area contributed by atoms with Crippen molar-refractivity contribution in [3.8, 4) is 0 Å². The molecule has 2 rings (SSSR count). The molecule has 1 fully saturated rings. The van der Waals surface area contributed by atoms with Gasteiger partial charge in [0.05, 0.1) is 44.4 Å². The summed E-state index contributed by atoms with van der Waals surface area (Å²) >= 11 is 0. The molecule has 0 unspecified atom stereocenters. The van der Waals surface area contributed by atoms with Crippen LogP contribution in [0.4, 0.5) is 5.69 Å². The van der Waals surface area contributed by atoms with Crippen molar-refractivity contribution in [2.75, 3.05) is 25.1 Å². The van der Waals surface area contributed by atoms with Crippen LogP contribution >= 0.6 is 0 Å². The summed E-state index contributed by atoms with van der Waals surface area (Å²) in [6.07, 6.45) is 5.17. The van der Waals surface area contributed by atoms with Crippen molar-refractivity contribution in [1.82, 2.24) is 9.78 Å². The van der Waals surface area contributed by atoms with Gasteiger partial charge in [-0.05, 0) is 12.8 Å². The molecule has 0 aliphatic heterocycles. The zero-order chi connectivity index (χ0) is 12.1. The quantitative estimate of drug-likeness (QED) is 0.577. The average Bonchev–Trinajstić information content (AvgIpc) is 2.70. The van der Waals surface area contributed by atoms with E-state index in [4.69, 9.17) is 9.84 Å². The first kappa shape index (κ1) is 12.3. The van der Waals surface area contributed by atoms with E-state index in [-0.39, 0.29) is 12.7 Å². The topological polar surface area (TPSA) is 79.5 Å². The van der Waals surface area contributed by atoms with Crippen LogP contribution in [-0.4, -0.2) is 52.0 Å². The van der Waals surface area contributed by atoms with E-state index in [1.54, 1.807) is 10.9 Å². The van der Waals surface area contributed by atoms with Crippen molar-refractivity contribution in [2.24, 2.45) is 0 Å². The minimum atomic E-state index is -0.144. The van der Waals surface area contributed by atoms with E-state index in [0.717, 1.165) is 18.5 Å². The van der Waals surface area contributed by atoms with Crippen LogP contribution in [0.3, 0.4) is 0 Å². The monoisotopic (exact) mass is 241 g/mol. The number of aliphatic hydroxyl groups is 2. The maximum absolute atomic E-state index is 9.17. The third-order valence-electron chi connectivity index (χ3n) is 2.82. The molecule has 1 heterocycles. The van der Waals surface area contributed by atoms with E-state index in [0.29, 0.717) is 25.8 Å². The number of aliphatic hydroxyl groups excluding tert-OH is 2. The van der Waals surface area contributed by atoms with Crippen molar-refractivity contribution in [1.29, 1.82) is 0 Å². The lowest BCUT2D eigenvalue weighted by Gasteiger charge is -2.32. The summed E-state index contributed by atoms with van der Waals surface area (Å²) in [6.45, 7) is 1.64. The Bertz CT molecular complexity index is 336. The first-order chi connectivity index (χ1) is 8.28. The van der Waals surface area contributed by atoms with Crippen LogP contribution in [0.25, 0.3) is 0 Å². The van der Waals surface area contributed by atoms with E-state index >= 15 is 0 Å². The number of hydrogen-bond acceptors (Lipinski definition) is 5. The van der Waals surface area contributed by atoms with Gasteiger partial charge >= 0.3 is 0 Å². The number of ether oxygens (including phenoxy) is 1. The number of nitrogens with one attached hydrogen (secondary N) is 1. The molecule has 0 amide bonds. The Morgan fingerprint density at radius 3 is 3.00 bits per heavy atom. The molecule has 96 valence electrons. The van der Waals surface area contributed by atoms with Gasteiger partial charge in [0.25, 0.3) is 0 Å². The van der Waals surface area contributed by atoms with Crippen LogP contribution < -0.4 is 5.32 Å². The fourth-order valence-electron chi connectivity index (χ4n) is 1.83. The Hall–Kier alpha value is -1.11. The number of aromatic nitrogens is 2. The van der Waals surface area contributed by atoms with E-state index < -0.39 is 0 Å². The molecule has 1 aromatic heterocycles. The van der Waals surface area contributed by atoms with Gasteiger partial charge in [-0.15, -0.1) is 0 Å². The van der Waals surface area contributed by atoms with Gasteiger partial charge in [0.1, 0.15) is 0 Å². The molecule has 1 aromatic rings. The van der Waals surface area contributed by atoms with Gasteiger partial charge < -0.3 is 20.3 Å². The molecule has 3 N–H and O–H groups in total. The summed E-state index contributed by atoms with van der Waals surface area (Å²) in [6, 6.07) is 0.369. The van der Waals surface area contributed by atoms with Gasteiger partial charge in [0.15, 0.2) is 0 Å². The zero-order valence-electron chi connectivity index (χ0n) is 9.75. The van der Waals surface area contributed by atoms with Crippen LogP contribution in [-0.2, 0) is 11.3 Å². The minimum Gasteiger partial charge on any atom is -0.394 e. The molecule has 17 heavy (non-hydrogen) atoms. The molecule has 6 nitrogen and oxygen atoms in total. The lowest BCUT2D eigenvalue weighted by molar-refractivity contribution is 0.0836. The zero-order valence-corrected chi connectivity index (χ0v) is 9.75. The largest absolute Gasteiger partial charge is 0.394 e. The van der Waals surface area contributed by atoms with Gasteiger partial charge in [-0.3, -0.25) is 4.68 Å². The van der Waals surface area contributed by atoms with E-state index in [1.165, 1.54) is 0 Å². The predicted molar refractivity (Wildman–Crippen MR) is 62.8 cm³/mol. The molecule has 0 spiro atoms. The number of hydrogen-bond donors (Lipinski definition) is 3. The normalized spacial score (nSPS) is 23.4. The van der Waals surface area contributed by atoms with E-state index in [1.807, 2.05) is 6.20 Å². The van der Waals surface area contributed by atoms with Crippen molar-refractivity contribution in [2.45, 2.75) is 31.5 Å². The molecular formula is C11H19N3O3. The van der Waals surface area contributed by atoms with Crippen LogP contribution in [0.1, 0.15) is 12.8 Å². The van der Waals surface area contributed by atoms with Gasteiger partial charge in [0, 0.05) is 12.2 Å². The Labute approximate surface area is 100 Å². The maximum atomic E-state index is 9.17. The van der Waals surface area contributed by atoms with Gasteiger partial charge in [-0.1, -0.05) is 0 Å². The first-order valence-electron chi connectivity index (χ1n) is 5.93. The van der Waals surface area contributed by atoms with Crippen LogP contribution in [0, 0.1) is 0 Å². The summed E-state index contributed by atoms with van der Waals surface area (Å²) in [5, 5.41) is 25.2. The van der Waals surface area contributed by atoms with Gasteiger partial charge in [0.2, 0.25) is 0 Å². The summed E-state index contributed by atoms with van der Waals surface area (Å²) in [5.41, 5.74) is 0.976. The van der Waals surface area contributed by atoms with Crippen LogP contribution in [0.15, 0.2) is 12.4 Å². The maximum Gasteiger partial charge on any atom is 0.0728 e. The highest BCUT2D eigenvalue weighted by molar-refractivity contribution is 5.40. The van der Waals surface area contributed by atoms with E-state index in [9.17, 15) is 5.11 Å². The Morgan fingerprint density at radius 2 is 2.29 bits per heavy atom. The second kappa shape index (κ2) is 6.00. The summed E-state index contributed by atoms with van der Waals surface area (Å²) in [5.74, 6) is 0. The summed E-state index contributed by atoms with van der Waals surface area (Å²) < 4.78 is 6.96. The second-order valence-electron chi connectivity index (χ2n) is 4.29. The fraction of sp³-hybridized carbons (Fsp3) is 0.727. The Balaban J connectivity index is 1.68. The minimum absolute atomic E-state index is 0.0515. The lowest BCUT2D eigenvalue weighted by Crippen LogP contribution is -2.38. The number of rotatable bonds is 7. The standard InChI is InChI=1S/C11H19N3O3/c15-2-4-17-3-1-14-8-10(7-12-14)13-9-5-11(16)6-9/h7-9,11,13,15-16H,1-6H2. The van der Waals surface area contributed by atoms with Crippen molar-refractivity contribution < 1.29 is 14.9 Å². The average molecular weight is 241 g/mol. The van der Waals surface area contributed by atoms with Gasteiger partial charge in [-0.25, -0.2) is 0 Å². The highest BCUT2D eigenvalue weighted by Crippen LogP contribution is 2.23. The molecule has 6 heteroatoms. The summed E-state index contributed by atoms with van der Waals surface area (Å²) in [7, 11) is 0. The molecule has 1 aliphatic rings. The molecular weight excluding hydrogens is 222 g/mol. The SMILES string of the molecule is OCCOCCn1cc(NC2CC(O)C2)cn1. The smallest absolute Gasteiger partial charge is 0.0728 e. The number of anilines is 1. The van der Waals surface area contributed by atoms with Crippen LogP contribution in [0.2, 0.25) is 0 Å². The lowest BCUT2D eigenvalue weighted by atomic mass is 9.89. The van der Waals surface area contributed by atoms with Crippen molar-refractivity contribution in [3.63, 3.8) is 0 Å². The van der Waals surface area contributed by atoms with Crippen molar-refractivity contribution >= 4 is 5.69 Å². The highest BCUT2D eigenvalue weighted by Gasteiger charge is 2.26. The third-order valence-corrected chi connectivity index (χ3v) is 2.82. The third kappa shape index (κ3) is 3.69. The molecule has 1 aliphatic carbocycles. The Morgan fingerprint density at radius 1 is 1.47 bits per heavy atom. The molecule has 0 aromatic carbocycles. The molecule has 0 atom stereocenters. The first-order valence-corrected chi connectivity index (χ1v) is 5.93. The summed E-state index contributed by atoms with van der Waals surface area (Å²) in [4.78, 5) is 0. The predicted octanol–water partition coefficient (Wildman–Crippen LogP) is -0.173. The second-order valence-corrected chi connectivity index (χ2v) is 4.29. The van der Waals surface area contributed by atoms with E-state index in [2.05, 4.69) is 10.4 Å². The van der Waals surface area contributed by atoms with Gasteiger partial charge in [-0.2, -0.15) is 5.10 Å².